The highest BCUT2D eigenvalue weighted by Gasteiger charge is 2.45. The molecule has 1 saturated carbocycles. The molecule has 2 aromatic rings. The Bertz CT molecular complexity index is 774. The molecule has 2 aromatic carbocycles. The Hall–Kier alpha value is -2.40. The van der Waals surface area contributed by atoms with Gasteiger partial charge in [-0.15, -0.1) is 0 Å². The molecule has 25 heavy (non-hydrogen) atoms. The fourth-order valence-electron chi connectivity index (χ4n) is 3.49. The van der Waals surface area contributed by atoms with Crippen molar-refractivity contribution in [3.63, 3.8) is 0 Å². The zero-order valence-corrected chi connectivity index (χ0v) is 14.0. The predicted molar refractivity (Wildman–Crippen MR) is 95.4 cm³/mol. The number of ether oxygens (including phenoxy) is 1. The number of carbonyl (C=O) groups is 1. The van der Waals surface area contributed by atoms with Gasteiger partial charge in [-0.2, -0.15) is 0 Å². The SMILES string of the molecule is O=C(Nc1ccccc1N1CCOCC1)C1CC1c1ccccc1F. The fourth-order valence-corrected chi connectivity index (χ4v) is 3.49. The van der Waals surface area contributed by atoms with E-state index in [1.165, 1.54) is 6.07 Å². The van der Waals surface area contributed by atoms with Gasteiger partial charge in [0.25, 0.3) is 0 Å². The largest absolute Gasteiger partial charge is 0.378 e. The van der Waals surface area contributed by atoms with Gasteiger partial charge in [-0.1, -0.05) is 30.3 Å². The number of amides is 1. The summed E-state index contributed by atoms with van der Waals surface area (Å²) in [6.45, 7) is 3.02. The van der Waals surface area contributed by atoms with Gasteiger partial charge in [-0.05, 0) is 36.1 Å². The molecule has 1 amide bonds. The van der Waals surface area contributed by atoms with Crippen molar-refractivity contribution in [3.8, 4) is 0 Å². The molecule has 2 fully saturated rings. The van der Waals surface area contributed by atoms with Crippen LogP contribution in [0.2, 0.25) is 0 Å². The zero-order chi connectivity index (χ0) is 17.2. The van der Waals surface area contributed by atoms with Gasteiger partial charge < -0.3 is 15.0 Å². The molecule has 4 rings (SSSR count). The Morgan fingerprint density at radius 3 is 2.60 bits per heavy atom. The fraction of sp³-hybridized carbons (Fsp3) is 0.350. The minimum atomic E-state index is -0.225. The Morgan fingerprint density at radius 2 is 1.80 bits per heavy atom. The summed E-state index contributed by atoms with van der Waals surface area (Å²) in [5.41, 5.74) is 2.47. The van der Waals surface area contributed by atoms with Crippen molar-refractivity contribution >= 4 is 17.3 Å². The van der Waals surface area contributed by atoms with Crippen LogP contribution in [0.1, 0.15) is 17.9 Å². The number of nitrogens with zero attached hydrogens (tertiary/aromatic N) is 1. The molecule has 130 valence electrons. The van der Waals surface area contributed by atoms with Crippen LogP contribution in [0.5, 0.6) is 0 Å². The molecule has 1 saturated heterocycles. The average molecular weight is 340 g/mol. The minimum Gasteiger partial charge on any atom is -0.378 e. The maximum absolute atomic E-state index is 13.9. The number of morpholine rings is 1. The van der Waals surface area contributed by atoms with Crippen molar-refractivity contribution in [2.45, 2.75) is 12.3 Å². The number of rotatable bonds is 4. The molecule has 0 bridgehead atoms. The van der Waals surface area contributed by atoms with Crippen LogP contribution in [-0.2, 0) is 9.53 Å². The van der Waals surface area contributed by atoms with E-state index in [-0.39, 0.29) is 23.6 Å². The number of halogens is 1. The van der Waals surface area contributed by atoms with Gasteiger partial charge in [0, 0.05) is 19.0 Å². The third-order valence-corrected chi connectivity index (χ3v) is 4.95. The smallest absolute Gasteiger partial charge is 0.228 e. The molecule has 0 aromatic heterocycles. The second-order valence-electron chi connectivity index (χ2n) is 6.58. The van der Waals surface area contributed by atoms with Crippen LogP contribution in [0.15, 0.2) is 48.5 Å². The number of hydrogen-bond acceptors (Lipinski definition) is 3. The molecule has 0 radical (unpaired) electrons. The summed E-state index contributed by atoms with van der Waals surface area (Å²) in [7, 11) is 0. The molecule has 0 spiro atoms. The summed E-state index contributed by atoms with van der Waals surface area (Å²) in [5, 5.41) is 3.05. The van der Waals surface area contributed by atoms with E-state index in [4.69, 9.17) is 4.74 Å². The quantitative estimate of drug-likeness (QED) is 0.927. The first-order valence-electron chi connectivity index (χ1n) is 8.71. The number of hydrogen-bond donors (Lipinski definition) is 1. The third kappa shape index (κ3) is 3.37. The zero-order valence-electron chi connectivity index (χ0n) is 14.0. The molecular weight excluding hydrogens is 319 g/mol. The summed E-state index contributed by atoms with van der Waals surface area (Å²) >= 11 is 0. The summed E-state index contributed by atoms with van der Waals surface area (Å²) in [5.74, 6) is -0.433. The molecule has 1 aliphatic heterocycles. The van der Waals surface area contributed by atoms with E-state index in [0.717, 1.165) is 24.5 Å². The lowest BCUT2D eigenvalue weighted by atomic mass is 10.1. The third-order valence-electron chi connectivity index (χ3n) is 4.95. The number of nitrogens with one attached hydrogen (secondary N) is 1. The van der Waals surface area contributed by atoms with E-state index in [9.17, 15) is 9.18 Å². The van der Waals surface area contributed by atoms with Crippen molar-refractivity contribution in [2.24, 2.45) is 5.92 Å². The van der Waals surface area contributed by atoms with E-state index in [1.54, 1.807) is 12.1 Å². The lowest BCUT2D eigenvalue weighted by Crippen LogP contribution is -2.36. The highest BCUT2D eigenvalue weighted by molar-refractivity contribution is 5.98. The Kier molecular flexibility index (Phi) is 4.40. The first kappa shape index (κ1) is 16.1. The second kappa shape index (κ2) is 6.84. The molecule has 1 N–H and O–H groups in total. The van der Waals surface area contributed by atoms with Gasteiger partial charge in [0.2, 0.25) is 5.91 Å². The Morgan fingerprint density at radius 1 is 1.08 bits per heavy atom. The van der Waals surface area contributed by atoms with Crippen LogP contribution in [-0.4, -0.2) is 32.2 Å². The van der Waals surface area contributed by atoms with Crippen LogP contribution in [0.4, 0.5) is 15.8 Å². The van der Waals surface area contributed by atoms with E-state index >= 15 is 0 Å². The van der Waals surface area contributed by atoms with Crippen LogP contribution in [0.3, 0.4) is 0 Å². The number of para-hydroxylation sites is 2. The highest BCUT2D eigenvalue weighted by Crippen LogP contribution is 2.49. The molecule has 2 unspecified atom stereocenters. The summed E-state index contributed by atoms with van der Waals surface area (Å²) in [6.07, 6.45) is 0.701. The highest BCUT2D eigenvalue weighted by atomic mass is 19.1. The number of carbonyl (C=O) groups excluding carboxylic acids is 1. The van der Waals surface area contributed by atoms with Crippen molar-refractivity contribution in [3.05, 3.63) is 59.9 Å². The molecule has 5 heteroatoms. The Labute approximate surface area is 146 Å². The Balaban J connectivity index is 1.46. The topological polar surface area (TPSA) is 41.6 Å². The van der Waals surface area contributed by atoms with Crippen molar-refractivity contribution in [1.82, 2.24) is 0 Å². The average Bonchev–Trinajstić information content (AvgIpc) is 3.44. The summed E-state index contributed by atoms with van der Waals surface area (Å²) < 4.78 is 19.3. The van der Waals surface area contributed by atoms with Crippen LogP contribution in [0.25, 0.3) is 0 Å². The lowest BCUT2D eigenvalue weighted by Gasteiger charge is -2.30. The number of anilines is 2. The minimum absolute atomic E-state index is 0.0169. The van der Waals surface area contributed by atoms with Gasteiger partial charge in [-0.3, -0.25) is 4.79 Å². The van der Waals surface area contributed by atoms with Crippen LogP contribution < -0.4 is 10.2 Å². The van der Waals surface area contributed by atoms with E-state index in [1.807, 2.05) is 30.3 Å². The van der Waals surface area contributed by atoms with Crippen LogP contribution >= 0.6 is 0 Å². The first-order chi connectivity index (χ1) is 12.2. The van der Waals surface area contributed by atoms with Gasteiger partial charge in [0.15, 0.2) is 0 Å². The first-order valence-corrected chi connectivity index (χ1v) is 8.71. The standard InChI is InChI=1S/C20H21FN2O2/c21-17-6-2-1-5-14(17)15-13-16(15)20(24)22-18-7-3-4-8-19(18)23-9-11-25-12-10-23/h1-8,15-16H,9-13H2,(H,22,24). The van der Waals surface area contributed by atoms with Gasteiger partial charge >= 0.3 is 0 Å². The predicted octanol–water partition coefficient (Wildman–Crippen LogP) is 3.40. The van der Waals surface area contributed by atoms with Gasteiger partial charge in [0.05, 0.1) is 24.6 Å². The molecule has 2 aliphatic rings. The maximum atomic E-state index is 13.9. The van der Waals surface area contributed by atoms with Gasteiger partial charge in [0.1, 0.15) is 5.82 Å². The lowest BCUT2D eigenvalue weighted by molar-refractivity contribution is -0.117. The van der Waals surface area contributed by atoms with Crippen molar-refractivity contribution in [1.29, 1.82) is 0 Å². The molecule has 4 nitrogen and oxygen atoms in total. The van der Waals surface area contributed by atoms with Crippen LogP contribution in [0, 0.1) is 11.7 Å². The summed E-state index contributed by atoms with van der Waals surface area (Å²) in [6, 6.07) is 14.5. The number of benzene rings is 2. The normalized spacial score (nSPS) is 22.5. The van der Waals surface area contributed by atoms with Crippen molar-refractivity contribution in [2.75, 3.05) is 36.5 Å². The maximum Gasteiger partial charge on any atom is 0.228 e. The second-order valence-corrected chi connectivity index (χ2v) is 6.58. The molecule has 1 aliphatic carbocycles. The van der Waals surface area contributed by atoms with Gasteiger partial charge in [-0.25, -0.2) is 4.39 Å². The molecular formula is C20H21FN2O2. The molecule has 1 heterocycles. The van der Waals surface area contributed by atoms with E-state index < -0.39 is 0 Å². The summed E-state index contributed by atoms with van der Waals surface area (Å²) in [4.78, 5) is 14.9. The van der Waals surface area contributed by atoms with Crippen molar-refractivity contribution < 1.29 is 13.9 Å². The van der Waals surface area contributed by atoms with E-state index in [0.29, 0.717) is 25.2 Å². The molecule has 2 atom stereocenters. The monoisotopic (exact) mass is 340 g/mol. The van der Waals surface area contributed by atoms with E-state index in [2.05, 4.69) is 10.2 Å².